The van der Waals surface area contributed by atoms with Crippen LogP contribution in [0.4, 0.5) is 0 Å². The summed E-state index contributed by atoms with van der Waals surface area (Å²) >= 11 is 0. The van der Waals surface area contributed by atoms with Gasteiger partial charge < -0.3 is 10.1 Å². The molecule has 0 amide bonds. The van der Waals surface area contributed by atoms with Gasteiger partial charge in [-0.05, 0) is 12.8 Å². The minimum absolute atomic E-state index is 0.269. The molecule has 0 aromatic heterocycles. The highest BCUT2D eigenvalue weighted by molar-refractivity contribution is 7.90. The van der Waals surface area contributed by atoms with E-state index in [0.29, 0.717) is 32.6 Å². The molecule has 0 bridgehead atoms. The Morgan fingerprint density at radius 1 is 1.22 bits per heavy atom. The molecule has 0 saturated carbocycles. The minimum atomic E-state index is -3.16. The maximum atomic E-state index is 12.0. The number of ether oxygens (including phenoxy) is 1. The van der Waals surface area contributed by atoms with Crippen LogP contribution in [-0.4, -0.2) is 71.0 Å². The van der Waals surface area contributed by atoms with Crippen molar-refractivity contribution < 1.29 is 13.2 Å². The van der Waals surface area contributed by atoms with Gasteiger partial charge in [0.25, 0.3) is 0 Å². The third-order valence-corrected chi connectivity index (χ3v) is 5.50. The van der Waals surface area contributed by atoms with Crippen LogP contribution < -0.4 is 10.0 Å². The van der Waals surface area contributed by atoms with E-state index in [4.69, 9.17) is 4.74 Å². The summed E-state index contributed by atoms with van der Waals surface area (Å²) in [6.45, 7) is 6.41. The van der Waals surface area contributed by atoms with Crippen molar-refractivity contribution in [1.29, 1.82) is 0 Å². The number of rotatable bonds is 5. The molecule has 0 aromatic carbocycles. The van der Waals surface area contributed by atoms with Gasteiger partial charge >= 0.3 is 0 Å². The molecule has 2 saturated heterocycles. The summed E-state index contributed by atoms with van der Waals surface area (Å²) in [7, 11) is -3.16. The zero-order chi connectivity index (χ0) is 12.8. The molecule has 0 aromatic rings. The molecule has 18 heavy (non-hydrogen) atoms. The van der Waals surface area contributed by atoms with Gasteiger partial charge in [-0.2, -0.15) is 0 Å². The third-order valence-electron chi connectivity index (χ3n) is 3.55. The van der Waals surface area contributed by atoms with E-state index >= 15 is 0 Å². The number of nitrogens with zero attached hydrogens (tertiary/aromatic N) is 1. The van der Waals surface area contributed by atoms with Crippen LogP contribution in [0.15, 0.2) is 0 Å². The first-order valence-electron chi connectivity index (χ1n) is 6.68. The van der Waals surface area contributed by atoms with Gasteiger partial charge in [-0.1, -0.05) is 0 Å². The minimum Gasteiger partial charge on any atom is -0.381 e. The number of sulfonamides is 1. The van der Waals surface area contributed by atoms with Crippen molar-refractivity contribution in [3.63, 3.8) is 0 Å². The number of hydrogen-bond donors (Lipinski definition) is 2. The van der Waals surface area contributed by atoms with Crippen molar-refractivity contribution in [2.45, 2.75) is 18.1 Å². The third kappa shape index (κ3) is 4.17. The summed E-state index contributed by atoms with van der Waals surface area (Å²) < 4.78 is 32.0. The Morgan fingerprint density at radius 2 is 1.89 bits per heavy atom. The maximum Gasteiger partial charge on any atom is 0.214 e. The zero-order valence-corrected chi connectivity index (χ0v) is 11.5. The van der Waals surface area contributed by atoms with E-state index in [1.54, 1.807) is 0 Å². The van der Waals surface area contributed by atoms with Gasteiger partial charge in [0.2, 0.25) is 10.0 Å². The van der Waals surface area contributed by atoms with E-state index < -0.39 is 10.0 Å². The van der Waals surface area contributed by atoms with Gasteiger partial charge in [0.15, 0.2) is 0 Å². The highest BCUT2D eigenvalue weighted by atomic mass is 32.2. The smallest absolute Gasteiger partial charge is 0.214 e. The Labute approximate surface area is 109 Å². The monoisotopic (exact) mass is 277 g/mol. The molecule has 106 valence electrons. The van der Waals surface area contributed by atoms with Crippen LogP contribution in [0.2, 0.25) is 0 Å². The van der Waals surface area contributed by atoms with Gasteiger partial charge in [-0.3, -0.25) is 4.90 Å². The van der Waals surface area contributed by atoms with Crippen molar-refractivity contribution in [2.75, 3.05) is 52.5 Å². The fourth-order valence-electron chi connectivity index (χ4n) is 2.38. The molecule has 2 aliphatic heterocycles. The van der Waals surface area contributed by atoms with E-state index in [2.05, 4.69) is 14.9 Å². The van der Waals surface area contributed by atoms with Crippen LogP contribution in [-0.2, 0) is 14.8 Å². The second-order valence-corrected chi connectivity index (χ2v) is 6.89. The van der Waals surface area contributed by atoms with Crippen LogP contribution >= 0.6 is 0 Å². The molecule has 0 aliphatic carbocycles. The SMILES string of the molecule is O=S(=O)(NCCN1CCNCC1)C1CCOCC1. The van der Waals surface area contributed by atoms with Crippen molar-refractivity contribution in [3.05, 3.63) is 0 Å². The molecule has 2 fully saturated rings. The van der Waals surface area contributed by atoms with E-state index in [9.17, 15) is 8.42 Å². The molecule has 0 unspecified atom stereocenters. The second kappa shape index (κ2) is 6.81. The average molecular weight is 277 g/mol. The maximum absolute atomic E-state index is 12.0. The lowest BCUT2D eigenvalue weighted by Gasteiger charge is -2.28. The van der Waals surface area contributed by atoms with Crippen molar-refractivity contribution in [2.24, 2.45) is 0 Å². The topological polar surface area (TPSA) is 70.7 Å². The first-order chi connectivity index (χ1) is 8.68. The van der Waals surface area contributed by atoms with Crippen molar-refractivity contribution >= 4 is 10.0 Å². The van der Waals surface area contributed by atoms with Crippen LogP contribution in [0.1, 0.15) is 12.8 Å². The van der Waals surface area contributed by atoms with E-state index in [-0.39, 0.29) is 5.25 Å². The predicted molar refractivity (Wildman–Crippen MR) is 70.1 cm³/mol. The fourth-order valence-corrected chi connectivity index (χ4v) is 3.81. The molecule has 0 radical (unpaired) electrons. The molecule has 0 atom stereocenters. The highest BCUT2D eigenvalue weighted by Gasteiger charge is 2.27. The Morgan fingerprint density at radius 3 is 2.56 bits per heavy atom. The van der Waals surface area contributed by atoms with Gasteiger partial charge in [-0.15, -0.1) is 0 Å². The standard InChI is InChI=1S/C11H23N3O3S/c15-18(16,11-1-9-17-10-2-11)13-5-8-14-6-3-12-4-7-14/h11-13H,1-10H2. The summed E-state index contributed by atoms with van der Waals surface area (Å²) in [4.78, 5) is 2.28. The van der Waals surface area contributed by atoms with Gasteiger partial charge in [0.05, 0.1) is 5.25 Å². The Balaban J connectivity index is 1.70. The zero-order valence-electron chi connectivity index (χ0n) is 10.7. The van der Waals surface area contributed by atoms with Crippen LogP contribution in [0.3, 0.4) is 0 Å². The normalized spacial score (nSPS) is 24.2. The highest BCUT2D eigenvalue weighted by Crippen LogP contribution is 2.14. The summed E-state index contributed by atoms with van der Waals surface area (Å²) in [5.41, 5.74) is 0. The Hall–Kier alpha value is -0.210. The lowest BCUT2D eigenvalue weighted by Crippen LogP contribution is -2.47. The van der Waals surface area contributed by atoms with Gasteiger partial charge in [0.1, 0.15) is 0 Å². The average Bonchev–Trinajstić information content (AvgIpc) is 2.41. The molecule has 2 rings (SSSR count). The molecular weight excluding hydrogens is 254 g/mol. The van der Waals surface area contributed by atoms with E-state index in [1.807, 2.05) is 0 Å². The summed E-state index contributed by atoms with van der Waals surface area (Å²) in [6.07, 6.45) is 1.23. The molecular formula is C11H23N3O3S. The predicted octanol–water partition coefficient (Wildman–Crippen LogP) is -1.01. The van der Waals surface area contributed by atoms with Crippen LogP contribution in [0.5, 0.6) is 0 Å². The molecule has 2 heterocycles. The van der Waals surface area contributed by atoms with E-state index in [0.717, 1.165) is 32.7 Å². The molecule has 2 aliphatic rings. The largest absolute Gasteiger partial charge is 0.381 e. The summed E-state index contributed by atoms with van der Waals surface area (Å²) in [6, 6.07) is 0. The van der Waals surface area contributed by atoms with Crippen molar-refractivity contribution in [1.82, 2.24) is 14.9 Å². The number of hydrogen-bond acceptors (Lipinski definition) is 5. The molecule has 6 nitrogen and oxygen atoms in total. The summed E-state index contributed by atoms with van der Waals surface area (Å²) in [5, 5.41) is 3.01. The fraction of sp³-hybridized carbons (Fsp3) is 1.00. The number of nitrogens with one attached hydrogen (secondary N) is 2. The van der Waals surface area contributed by atoms with Gasteiger partial charge in [0, 0.05) is 52.5 Å². The quantitative estimate of drug-likeness (QED) is 0.674. The first kappa shape index (κ1) is 14.2. The Kier molecular flexibility index (Phi) is 5.38. The number of piperazine rings is 1. The van der Waals surface area contributed by atoms with Gasteiger partial charge in [-0.25, -0.2) is 13.1 Å². The van der Waals surface area contributed by atoms with Crippen LogP contribution in [0.25, 0.3) is 0 Å². The molecule has 0 spiro atoms. The first-order valence-corrected chi connectivity index (χ1v) is 8.22. The summed E-state index contributed by atoms with van der Waals surface area (Å²) in [5.74, 6) is 0. The molecule has 7 heteroatoms. The van der Waals surface area contributed by atoms with Crippen LogP contribution in [0, 0.1) is 0 Å². The lowest BCUT2D eigenvalue weighted by atomic mass is 10.2. The lowest BCUT2D eigenvalue weighted by molar-refractivity contribution is 0.0981. The van der Waals surface area contributed by atoms with Crippen molar-refractivity contribution in [3.8, 4) is 0 Å². The Bertz CT molecular complexity index is 335. The van der Waals surface area contributed by atoms with E-state index in [1.165, 1.54) is 0 Å². The molecule has 2 N–H and O–H groups in total. The second-order valence-electron chi connectivity index (χ2n) is 4.84.